The van der Waals surface area contributed by atoms with E-state index in [9.17, 15) is 24.6 Å². The number of benzene rings is 1. The molecule has 8 nitrogen and oxygen atoms in total. The van der Waals surface area contributed by atoms with Crippen LogP contribution < -0.4 is 5.32 Å². The molecule has 0 heterocycles. The molecule has 5 N–H and O–H groups in total. The Morgan fingerprint density at radius 3 is 1.95 bits per heavy atom. The first-order chi connectivity index (χ1) is 10.2. The van der Waals surface area contributed by atoms with Crippen LogP contribution >= 0.6 is 0 Å². The Bertz CT molecular complexity index is 552. The first-order valence-electron chi connectivity index (χ1n) is 6.44. The summed E-state index contributed by atoms with van der Waals surface area (Å²) in [6.45, 7) is 1.43. The monoisotopic (exact) mass is 311 g/mol. The maximum Gasteiger partial charge on any atom is 0.335 e. The molecule has 1 rings (SSSR count). The number of aliphatic hydroxyl groups excluding tert-OH is 2. The molecular formula is C14H17NO7. The molecule has 2 unspecified atom stereocenters. The van der Waals surface area contributed by atoms with Crippen LogP contribution in [0.5, 0.6) is 0 Å². The van der Waals surface area contributed by atoms with Gasteiger partial charge in [0.15, 0.2) is 0 Å². The van der Waals surface area contributed by atoms with Crippen molar-refractivity contribution in [2.45, 2.75) is 25.6 Å². The highest BCUT2D eigenvalue weighted by atomic mass is 16.4. The Morgan fingerprint density at radius 1 is 1.05 bits per heavy atom. The van der Waals surface area contributed by atoms with E-state index in [1.165, 1.54) is 6.92 Å². The summed E-state index contributed by atoms with van der Waals surface area (Å²) < 4.78 is 0. The molecule has 22 heavy (non-hydrogen) atoms. The summed E-state index contributed by atoms with van der Waals surface area (Å²) in [5.74, 6) is -2.98. The summed E-state index contributed by atoms with van der Waals surface area (Å²) >= 11 is 0. The van der Waals surface area contributed by atoms with Crippen LogP contribution in [-0.2, 0) is 4.79 Å². The van der Waals surface area contributed by atoms with Crippen LogP contribution in [0.3, 0.4) is 0 Å². The second kappa shape index (κ2) is 7.53. The van der Waals surface area contributed by atoms with E-state index in [1.807, 2.05) is 0 Å². The predicted molar refractivity (Wildman–Crippen MR) is 74.6 cm³/mol. The van der Waals surface area contributed by atoms with Gasteiger partial charge in [-0.25, -0.2) is 9.59 Å². The van der Waals surface area contributed by atoms with Crippen LogP contribution in [0.2, 0.25) is 0 Å². The van der Waals surface area contributed by atoms with Crippen molar-refractivity contribution < 1.29 is 34.8 Å². The molecule has 1 amide bonds. The molecule has 2 atom stereocenters. The second-order valence-electron chi connectivity index (χ2n) is 4.74. The average molecular weight is 311 g/mol. The number of hydrogen-bond donors (Lipinski definition) is 5. The van der Waals surface area contributed by atoms with Gasteiger partial charge in [0.1, 0.15) is 6.10 Å². The number of carbonyl (C=O) groups excluding carboxylic acids is 1. The van der Waals surface area contributed by atoms with Crippen LogP contribution in [-0.4, -0.2) is 50.9 Å². The van der Waals surface area contributed by atoms with Crippen molar-refractivity contribution in [1.29, 1.82) is 0 Å². The fraction of sp³-hybridized carbons (Fsp3) is 0.357. The lowest BCUT2D eigenvalue weighted by molar-refractivity contribution is -0.119. The molecule has 120 valence electrons. The maximum absolute atomic E-state index is 11.0. The van der Waals surface area contributed by atoms with E-state index in [4.69, 9.17) is 10.2 Å². The maximum atomic E-state index is 11.0. The summed E-state index contributed by atoms with van der Waals surface area (Å²) in [5, 5.41) is 40.2. The smallest absolute Gasteiger partial charge is 0.335 e. The largest absolute Gasteiger partial charge is 0.478 e. The summed E-state index contributed by atoms with van der Waals surface area (Å²) in [6, 6.07) is 3.16. The van der Waals surface area contributed by atoms with Gasteiger partial charge in [-0.15, -0.1) is 0 Å². The average Bonchev–Trinajstić information content (AvgIpc) is 2.45. The molecule has 0 aliphatic heterocycles. The third kappa shape index (κ3) is 4.83. The number of nitrogens with one attached hydrogen (secondary N) is 1. The van der Waals surface area contributed by atoms with Crippen molar-refractivity contribution in [3.8, 4) is 0 Å². The van der Waals surface area contributed by atoms with Crippen LogP contribution in [0.15, 0.2) is 18.2 Å². The quantitative estimate of drug-likeness (QED) is 0.477. The van der Waals surface area contributed by atoms with Crippen molar-refractivity contribution in [3.63, 3.8) is 0 Å². The van der Waals surface area contributed by atoms with Crippen LogP contribution in [0.4, 0.5) is 0 Å². The van der Waals surface area contributed by atoms with Gasteiger partial charge in [-0.2, -0.15) is 0 Å². The highest BCUT2D eigenvalue weighted by Crippen LogP contribution is 2.22. The van der Waals surface area contributed by atoms with Gasteiger partial charge in [0.05, 0.1) is 17.2 Å². The Kier molecular flexibility index (Phi) is 6.02. The van der Waals surface area contributed by atoms with E-state index in [1.54, 1.807) is 0 Å². The van der Waals surface area contributed by atoms with Crippen LogP contribution in [0, 0.1) is 0 Å². The highest BCUT2D eigenvalue weighted by Gasteiger charge is 2.21. The first kappa shape index (κ1) is 17.6. The topological polar surface area (TPSA) is 144 Å². The molecular weight excluding hydrogens is 294 g/mol. The zero-order valence-corrected chi connectivity index (χ0v) is 11.8. The van der Waals surface area contributed by atoms with Crippen molar-refractivity contribution in [3.05, 3.63) is 34.9 Å². The minimum Gasteiger partial charge on any atom is -0.478 e. The van der Waals surface area contributed by atoms with Gasteiger partial charge in [-0.1, -0.05) is 0 Å². The fourth-order valence-electron chi connectivity index (χ4n) is 1.85. The van der Waals surface area contributed by atoms with Gasteiger partial charge in [-0.05, 0) is 30.2 Å². The summed E-state index contributed by atoms with van der Waals surface area (Å²) in [7, 11) is 0. The number of carboxylic acid groups (broad SMARTS) is 2. The van der Waals surface area contributed by atoms with E-state index >= 15 is 0 Å². The highest BCUT2D eigenvalue weighted by molar-refractivity contribution is 5.94. The zero-order valence-electron chi connectivity index (χ0n) is 11.8. The van der Waals surface area contributed by atoms with E-state index in [0.717, 1.165) is 18.2 Å². The third-order valence-electron chi connectivity index (χ3n) is 2.97. The van der Waals surface area contributed by atoms with Gasteiger partial charge in [0.2, 0.25) is 5.91 Å². The molecule has 0 saturated heterocycles. The molecule has 0 radical (unpaired) electrons. The molecule has 0 saturated carbocycles. The SMILES string of the molecule is CC(=O)NCCC(O)C(O)c1cc(C(=O)O)cc(C(=O)O)c1. The van der Waals surface area contributed by atoms with E-state index in [2.05, 4.69) is 5.32 Å². The van der Waals surface area contributed by atoms with Crippen molar-refractivity contribution in [2.24, 2.45) is 0 Å². The van der Waals surface area contributed by atoms with Gasteiger partial charge in [0.25, 0.3) is 0 Å². The Hall–Kier alpha value is -2.45. The van der Waals surface area contributed by atoms with E-state index in [-0.39, 0.29) is 35.6 Å². The second-order valence-corrected chi connectivity index (χ2v) is 4.74. The molecule has 0 bridgehead atoms. The molecule has 0 aliphatic rings. The minimum absolute atomic E-state index is 0.0207. The zero-order chi connectivity index (χ0) is 16.9. The number of hydrogen-bond acceptors (Lipinski definition) is 5. The van der Waals surface area contributed by atoms with Crippen LogP contribution in [0.25, 0.3) is 0 Å². The summed E-state index contributed by atoms with van der Waals surface area (Å²) in [5.41, 5.74) is -0.626. The lowest BCUT2D eigenvalue weighted by Crippen LogP contribution is -2.27. The van der Waals surface area contributed by atoms with Gasteiger partial charge in [-0.3, -0.25) is 4.79 Å². The molecule has 0 fully saturated rings. The molecule has 0 aromatic heterocycles. The number of carbonyl (C=O) groups is 3. The standard InChI is InChI=1S/C14H17NO7/c1-7(16)15-3-2-11(17)12(18)8-4-9(13(19)20)6-10(5-8)14(21)22/h4-6,11-12,17-18H,2-3H2,1H3,(H,15,16)(H,19,20)(H,21,22). The Balaban J connectivity index is 2.95. The number of aliphatic hydroxyl groups is 2. The van der Waals surface area contributed by atoms with Gasteiger partial charge in [0, 0.05) is 13.5 Å². The molecule has 1 aromatic rings. The molecule has 0 spiro atoms. The molecule has 0 aliphatic carbocycles. The Labute approximate surface area is 126 Å². The number of aromatic carboxylic acids is 2. The van der Waals surface area contributed by atoms with E-state index < -0.39 is 24.1 Å². The fourth-order valence-corrected chi connectivity index (χ4v) is 1.85. The van der Waals surface area contributed by atoms with Crippen molar-refractivity contribution in [2.75, 3.05) is 6.54 Å². The number of carboxylic acids is 2. The number of rotatable bonds is 7. The summed E-state index contributed by atoms with van der Waals surface area (Å²) in [4.78, 5) is 32.7. The van der Waals surface area contributed by atoms with Gasteiger partial charge < -0.3 is 25.7 Å². The van der Waals surface area contributed by atoms with Gasteiger partial charge >= 0.3 is 11.9 Å². The first-order valence-corrected chi connectivity index (χ1v) is 6.44. The lowest BCUT2D eigenvalue weighted by atomic mass is 9.97. The lowest BCUT2D eigenvalue weighted by Gasteiger charge is -2.19. The molecule has 8 heteroatoms. The predicted octanol–water partition coefficient (Wildman–Crippen LogP) is 0.00350. The van der Waals surface area contributed by atoms with Crippen molar-refractivity contribution >= 4 is 17.8 Å². The molecule has 1 aromatic carbocycles. The Morgan fingerprint density at radius 2 is 1.55 bits per heavy atom. The van der Waals surface area contributed by atoms with Crippen LogP contribution in [0.1, 0.15) is 45.7 Å². The van der Waals surface area contributed by atoms with E-state index in [0.29, 0.717) is 0 Å². The summed E-state index contributed by atoms with van der Waals surface area (Å²) in [6.07, 6.45) is -2.72. The number of amides is 1. The normalized spacial score (nSPS) is 13.2. The minimum atomic E-state index is -1.47. The third-order valence-corrected chi connectivity index (χ3v) is 2.97. The van der Waals surface area contributed by atoms with Crippen molar-refractivity contribution in [1.82, 2.24) is 5.32 Å².